The van der Waals surface area contributed by atoms with Crippen LogP contribution in [-0.4, -0.2) is 13.2 Å². The first-order chi connectivity index (χ1) is 20.5. The fourth-order valence-electron chi connectivity index (χ4n) is 5.67. The Balaban J connectivity index is 1.59. The van der Waals surface area contributed by atoms with E-state index in [1.165, 1.54) is 77.0 Å². The highest BCUT2D eigenvalue weighted by Gasteiger charge is 2.29. The monoisotopic (exact) mass is 586 g/mol. The Kier molecular flexibility index (Phi) is 14.9. The van der Waals surface area contributed by atoms with Crippen LogP contribution in [0.25, 0.3) is 21.5 Å². The summed E-state index contributed by atoms with van der Waals surface area (Å²) in [5.74, 6) is -0.233. The van der Waals surface area contributed by atoms with Gasteiger partial charge >= 0.3 is 22.5 Å². The van der Waals surface area contributed by atoms with E-state index in [-0.39, 0.29) is 46.3 Å². The molecule has 0 spiro atoms. The Morgan fingerprint density at radius 3 is 0.881 bits per heavy atom. The molecule has 0 saturated heterocycles. The third-order valence-corrected chi connectivity index (χ3v) is 8.08. The molecule has 3 rings (SSSR count). The van der Waals surface area contributed by atoms with Gasteiger partial charge in [-0.1, -0.05) is 129 Å². The number of hydrogen-bond acceptors (Lipinski definition) is 8. The van der Waals surface area contributed by atoms with Gasteiger partial charge in [-0.2, -0.15) is 0 Å². The van der Waals surface area contributed by atoms with Gasteiger partial charge in [-0.3, -0.25) is 0 Å². The van der Waals surface area contributed by atoms with Gasteiger partial charge in [0.25, 0.3) is 0 Å². The summed E-state index contributed by atoms with van der Waals surface area (Å²) in [4.78, 5) is 50.7. The van der Waals surface area contributed by atoms with Crippen molar-refractivity contribution in [2.24, 2.45) is 0 Å². The highest BCUT2D eigenvalue weighted by atomic mass is 16.5. The lowest BCUT2D eigenvalue weighted by Crippen LogP contribution is -2.08. The van der Waals surface area contributed by atoms with Gasteiger partial charge in [0.2, 0.25) is 0 Å². The predicted octanol–water partition coefficient (Wildman–Crippen LogP) is 8.09. The van der Waals surface area contributed by atoms with Gasteiger partial charge in [-0.05, 0) is 12.8 Å². The minimum absolute atomic E-state index is 0.117. The molecular formula is C34H50O8. The maximum Gasteiger partial charge on any atom is 0.350 e. The summed E-state index contributed by atoms with van der Waals surface area (Å²) in [5.41, 5.74) is -3.64. The topological polar surface area (TPSA) is 113 Å². The smallest absolute Gasteiger partial charge is 0.350 e. The number of benzene rings is 1. The molecule has 0 bridgehead atoms. The van der Waals surface area contributed by atoms with Crippen LogP contribution in [0.15, 0.2) is 28.0 Å². The molecule has 0 aliphatic rings. The van der Waals surface area contributed by atoms with Gasteiger partial charge in [0, 0.05) is 0 Å². The lowest BCUT2D eigenvalue weighted by atomic mass is 10.1. The van der Waals surface area contributed by atoms with Crippen LogP contribution in [0.4, 0.5) is 0 Å². The Bertz CT molecular complexity index is 1220. The van der Waals surface area contributed by atoms with Crippen molar-refractivity contribution in [1.82, 2.24) is 0 Å². The van der Waals surface area contributed by atoms with Crippen molar-refractivity contribution in [3.8, 4) is 11.5 Å². The number of fused-ring (bicyclic) bond motifs is 2. The lowest BCUT2D eigenvalue weighted by Gasteiger charge is -2.11. The fourth-order valence-corrected chi connectivity index (χ4v) is 5.67. The first-order valence-electron chi connectivity index (χ1n) is 16.5. The minimum atomic E-state index is -0.910. The van der Waals surface area contributed by atoms with Crippen LogP contribution in [-0.2, 0) is 0 Å². The zero-order valence-corrected chi connectivity index (χ0v) is 25.8. The molecule has 8 heteroatoms. The van der Waals surface area contributed by atoms with E-state index in [4.69, 9.17) is 18.3 Å². The molecule has 0 radical (unpaired) electrons. The normalized spacial score (nSPS) is 11.7. The molecule has 0 amide bonds. The number of ether oxygens (including phenoxy) is 2. The molecule has 3 aromatic rings. The van der Waals surface area contributed by atoms with E-state index in [9.17, 15) is 19.2 Å². The summed E-state index contributed by atoms with van der Waals surface area (Å²) in [5, 5.41) is -0.628. The van der Waals surface area contributed by atoms with E-state index < -0.39 is 22.5 Å². The molecule has 0 unspecified atom stereocenters. The Morgan fingerprint density at radius 2 is 0.619 bits per heavy atom. The summed E-state index contributed by atoms with van der Waals surface area (Å²) in [6.07, 6.45) is 23.0. The van der Waals surface area contributed by atoms with Crippen LogP contribution in [0.5, 0.6) is 11.5 Å². The minimum Gasteiger partial charge on any atom is -0.492 e. The molecule has 0 aliphatic heterocycles. The van der Waals surface area contributed by atoms with Crippen molar-refractivity contribution >= 4 is 21.5 Å². The van der Waals surface area contributed by atoms with Gasteiger partial charge < -0.3 is 18.3 Å². The van der Waals surface area contributed by atoms with Gasteiger partial charge in [0.1, 0.15) is 33.0 Å². The molecule has 0 atom stereocenters. The van der Waals surface area contributed by atoms with Crippen molar-refractivity contribution in [2.75, 3.05) is 13.2 Å². The Labute approximate surface area is 248 Å². The van der Waals surface area contributed by atoms with E-state index in [0.29, 0.717) is 12.8 Å². The first kappa shape index (κ1) is 33.6. The van der Waals surface area contributed by atoms with E-state index in [2.05, 4.69) is 13.8 Å². The molecule has 2 aromatic heterocycles. The summed E-state index contributed by atoms with van der Waals surface area (Å²) in [7, 11) is 0. The molecular weight excluding hydrogens is 536 g/mol. The zero-order valence-electron chi connectivity index (χ0n) is 25.8. The average Bonchev–Trinajstić information content (AvgIpc) is 3.44. The second-order valence-electron chi connectivity index (χ2n) is 11.6. The maximum absolute atomic E-state index is 12.7. The predicted molar refractivity (Wildman–Crippen MR) is 168 cm³/mol. The molecule has 42 heavy (non-hydrogen) atoms. The Hall–Kier alpha value is -2.90. The number of rotatable bonds is 24. The molecule has 1 aromatic carbocycles. The highest BCUT2D eigenvalue weighted by molar-refractivity contribution is 6.10. The van der Waals surface area contributed by atoms with Crippen molar-refractivity contribution in [1.29, 1.82) is 0 Å². The second-order valence-corrected chi connectivity index (χ2v) is 11.6. The van der Waals surface area contributed by atoms with Crippen LogP contribution in [0.1, 0.15) is 142 Å². The van der Waals surface area contributed by atoms with Crippen LogP contribution < -0.4 is 32.0 Å². The summed E-state index contributed by atoms with van der Waals surface area (Å²) < 4.78 is 21.6. The fraction of sp³-hybridized carbons (Fsp3) is 0.706. The summed E-state index contributed by atoms with van der Waals surface area (Å²) >= 11 is 0. The van der Waals surface area contributed by atoms with Crippen LogP contribution in [0, 0.1) is 0 Å². The van der Waals surface area contributed by atoms with Crippen molar-refractivity contribution < 1.29 is 18.3 Å². The molecule has 0 N–H and O–H groups in total. The molecule has 0 saturated carbocycles. The van der Waals surface area contributed by atoms with Crippen molar-refractivity contribution in [2.45, 2.75) is 142 Å². The number of furan rings is 2. The molecule has 0 fully saturated rings. The Morgan fingerprint density at radius 1 is 0.381 bits per heavy atom. The average molecular weight is 587 g/mol. The summed E-state index contributed by atoms with van der Waals surface area (Å²) in [6.45, 7) is 4.90. The van der Waals surface area contributed by atoms with E-state index >= 15 is 0 Å². The standard InChI is InChI=1S/C34H50O8/c1-3-5-7-9-11-13-15-17-19-21-23-39-29-25-27(33(37)41-31(25)35)30(28-26(29)32(36)42-34(28)38)40-24-22-20-18-16-14-12-10-8-6-4-2/h3-24H2,1-2H3. The van der Waals surface area contributed by atoms with E-state index in [0.717, 1.165) is 38.5 Å². The van der Waals surface area contributed by atoms with Gasteiger partial charge in [-0.15, -0.1) is 0 Å². The van der Waals surface area contributed by atoms with Crippen molar-refractivity contribution in [3.05, 3.63) is 41.7 Å². The largest absolute Gasteiger partial charge is 0.492 e. The van der Waals surface area contributed by atoms with Crippen LogP contribution in [0.3, 0.4) is 0 Å². The van der Waals surface area contributed by atoms with Gasteiger partial charge in [-0.25, -0.2) is 19.2 Å². The molecule has 8 nitrogen and oxygen atoms in total. The van der Waals surface area contributed by atoms with Gasteiger partial charge in [0.05, 0.1) is 13.2 Å². The SMILES string of the molecule is CCCCCCCCCCCCOc1c2c(=O)oc(=O)c2c(OCCCCCCCCCCCC)c2c(=O)oc(=O)c12. The lowest BCUT2D eigenvalue weighted by molar-refractivity contribution is 0.306. The first-order valence-corrected chi connectivity index (χ1v) is 16.5. The summed E-state index contributed by atoms with van der Waals surface area (Å²) in [6, 6.07) is 0. The molecule has 234 valence electrons. The molecule has 2 heterocycles. The number of hydrogen-bond donors (Lipinski definition) is 0. The quantitative estimate of drug-likeness (QED) is 0.0968. The zero-order chi connectivity index (χ0) is 30.2. The van der Waals surface area contributed by atoms with Crippen LogP contribution in [0.2, 0.25) is 0 Å². The maximum atomic E-state index is 12.7. The van der Waals surface area contributed by atoms with E-state index in [1.54, 1.807) is 0 Å². The van der Waals surface area contributed by atoms with Crippen molar-refractivity contribution in [3.63, 3.8) is 0 Å². The second kappa shape index (κ2) is 18.6. The van der Waals surface area contributed by atoms with Crippen LogP contribution >= 0.6 is 0 Å². The third kappa shape index (κ3) is 9.56. The third-order valence-electron chi connectivity index (χ3n) is 8.08. The number of unbranched alkanes of at least 4 members (excludes halogenated alkanes) is 18. The molecule has 0 aliphatic carbocycles. The van der Waals surface area contributed by atoms with E-state index in [1.807, 2.05) is 0 Å². The van der Waals surface area contributed by atoms with Gasteiger partial charge in [0.15, 0.2) is 0 Å². The highest BCUT2D eigenvalue weighted by Crippen LogP contribution is 2.38.